The Kier molecular flexibility index (Phi) is 9.41. The van der Waals surface area contributed by atoms with E-state index in [1.165, 1.54) is 24.0 Å². The van der Waals surface area contributed by atoms with E-state index in [0.717, 1.165) is 16.1 Å². The van der Waals surface area contributed by atoms with E-state index < -0.39 is 28.5 Å². The molecule has 0 saturated heterocycles. The summed E-state index contributed by atoms with van der Waals surface area (Å²) < 4.78 is 31.4. The second-order valence-electron chi connectivity index (χ2n) is 8.59. The van der Waals surface area contributed by atoms with E-state index in [1.54, 1.807) is 50.4 Å². The molecule has 2 aromatic rings. The number of ketones is 1. The number of sulfonamides is 1. The van der Waals surface area contributed by atoms with Gasteiger partial charge in [0.25, 0.3) is 0 Å². The number of amides is 2. The maximum absolute atomic E-state index is 13.5. The van der Waals surface area contributed by atoms with Crippen LogP contribution < -0.4 is 14.4 Å². The van der Waals surface area contributed by atoms with Gasteiger partial charge in [0, 0.05) is 18.2 Å². The Bertz CT molecular complexity index is 1160. The molecular weight excluding hydrogens is 470 g/mol. The van der Waals surface area contributed by atoms with Crippen molar-refractivity contribution in [2.45, 2.75) is 46.3 Å². The lowest BCUT2D eigenvalue weighted by molar-refractivity contribution is -0.139. The van der Waals surface area contributed by atoms with Crippen LogP contribution in [0.3, 0.4) is 0 Å². The summed E-state index contributed by atoms with van der Waals surface area (Å²) in [5.41, 5.74) is 1.26. The van der Waals surface area contributed by atoms with Gasteiger partial charge in [-0.2, -0.15) is 0 Å². The van der Waals surface area contributed by atoms with Gasteiger partial charge in [0.05, 0.1) is 19.1 Å². The second-order valence-corrected chi connectivity index (χ2v) is 10.5. The quantitative estimate of drug-likeness (QED) is 0.472. The third-order valence-corrected chi connectivity index (χ3v) is 6.47. The topological polar surface area (TPSA) is 113 Å². The molecule has 2 rings (SSSR count). The Labute approximate surface area is 207 Å². The van der Waals surface area contributed by atoms with E-state index in [0.29, 0.717) is 11.3 Å². The Hall–Kier alpha value is -3.40. The smallest absolute Gasteiger partial charge is 0.244 e. The van der Waals surface area contributed by atoms with Crippen LogP contribution in [-0.4, -0.2) is 62.9 Å². The molecule has 0 spiro atoms. The first-order valence-corrected chi connectivity index (χ1v) is 13.0. The van der Waals surface area contributed by atoms with Crippen LogP contribution in [-0.2, 0) is 26.2 Å². The summed E-state index contributed by atoms with van der Waals surface area (Å²) >= 11 is 0. The Morgan fingerprint density at radius 1 is 1.03 bits per heavy atom. The fourth-order valence-corrected chi connectivity index (χ4v) is 4.25. The van der Waals surface area contributed by atoms with Gasteiger partial charge in [-0.05, 0) is 57.5 Å². The number of benzene rings is 2. The summed E-state index contributed by atoms with van der Waals surface area (Å²) in [6, 6.07) is 12.1. The van der Waals surface area contributed by atoms with Gasteiger partial charge in [-0.25, -0.2) is 8.42 Å². The largest absolute Gasteiger partial charge is 0.497 e. The number of rotatable bonds is 11. The number of anilines is 1. The molecule has 1 atom stereocenters. The van der Waals surface area contributed by atoms with Crippen LogP contribution in [0.5, 0.6) is 5.75 Å². The molecule has 2 aromatic carbocycles. The number of ether oxygens (including phenoxy) is 1. The molecule has 0 heterocycles. The van der Waals surface area contributed by atoms with E-state index >= 15 is 0 Å². The highest BCUT2D eigenvalue weighted by atomic mass is 32.2. The zero-order valence-electron chi connectivity index (χ0n) is 20.9. The molecule has 0 aliphatic rings. The lowest BCUT2D eigenvalue weighted by atomic mass is 10.1. The van der Waals surface area contributed by atoms with E-state index in [2.05, 4.69) is 5.32 Å². The predicted octanol–water partition coefficient (Wildman–Crippen LogP) is 2.61. The van der Waals surface area contributed by atoms with E-state index in [4.69, 9.17) is 4.74 Å². The minimum absolute atomic E-state index is 0.0839. The SMILES string of the molecule is COc1ccc(CN(C(=O)CN(c2cccc(C(C)=O)c2)S(C)(=O)=O)[C@H](C)C(=O)NC(C)C)cc1. The summed E-state index contributed by atoms with van der Waals surface area (Å²) in [7, 11) is -2.33. The van der Waals surface area contributed by atoms with Crippen LogP contribution in [0.4, 0.5) is 5.69 Å². The van der Waals surface area contributed by atoms with Crippen LogP contribution >= 0.6 is 0 Å². The number of nitrogens with zero attached hydrogens (tertiary/aromatic N) is 2. The third kappa shape index (κ3) is 7.81. The minimum Gasteiger partial charge on any atom is -0.497 e. The lowest BCUT2D eigenvalue weighted by Gasteiger charge is -2.32. The molecule has 0 unspecified atom stereocenters. The lowest BCUT2D eigenvalue weighted by Crippen LogP contribution is -2.52. The fraction of sp³-hybridized carbons (Fsp3) is 0.400. The molecule has 9 nitrogen and oxygen atoms in total. The normalized spacial score (nSPS) is 12.1. The molecule has 0 saturated carbocycles. The van der Waals surface area contributed by atoms with Gasteiger partial charge in [0.2, 0.25) is 21.8 Å². The van der Waals surface area contributed by atoms with Gasteiger partial charge < -0.3 is 15.0 Å². The van der Waals surface area contributed by atoms with E-state index in [-0.39, 0.29) is 30.0 Å². The minimum atomic E-state index is -3.88. The van der Waals surface area contributed by atoms with Crippen molar-refractivity contribution in [3.63, 3.8) is 0 Å². The second kappa shape index (κ2) is 11.8. The van der Waals surface area contributed by atoms with Gasteiger partial charge in [-0.3, -0.25) is 18.7 Å². The summed E-state index contributed by atoms with van der Waals surface area (Å²) in [5.74, 6) is -0.505. The monoisotopic (exact) mass is 503 g/mol. The first-order chi connectivity index (χ1) is 16.3. The Morgan fingerprint density at radius 2 is 1.66 bits per heavy atom. The average molecular weight is 504 g/mol. The molecular formula is C25H33N3O6S. The van der Waals surface area contributed by atoms with Crippen molar-refractivity contribution in [1.29, 1.82) is 0 Å². The summed E-state index contributed by atoms with van der Waals surface area (Å²) in [4.78, 5) is 39.4. The molecule has 35 heavy (non-hydrogen) atoms. The number of carbonyl (C=O) groups is 3. The van der Waals surface area contributed by atoms with Crippen molar-refractivity contribution in [2.24, 2.45) is 0 Å². The number of methoxy groups -OCH3 is 1. The number of hydrogen-bond acceptors (Lipinski definition) is 6. The number of carbonyl (C=O) groups excluding carboxylic acids is 3. The summed E-state index contributed by atoms with van der Waals surface area (Å²) in [6.07, 6.45) is 0.990. The van der Waals surface area contributed by atoms with Crippen LogP contribution in [0.25, 0.3) is 0 Å². The highest BCUT2D eigenvalue weighted by Gasteiger charge is 2.30. The van der Waals surface area contributed by atoms with Crippen molar-refractivity contribution in [1.82, 2.24) is 10.2 Å². The van der Waals surface area contributed by atoms with Crippen LogP contribution in [0, 0.1) is 0 Å². The molecule has 0 aliphatic heterocycles. The maximum atomic E-state index is 13.5. The third-order valence-electron chi connectivity index (χ3n) is 5.33. The standard InChI is InChI=1S/C25H33N3O6S/c1-17(2)26-25(31)18(3)27(15-20-10-12-23(34-5)13-11-20)24(30)16-28(35(6,32)33)22-9-7-8-21(14-22)19(4)29/h7-14,17-18H,15-16H2,1-6H3,(H,26,31)/t18-/m1/s1. The molecule has 0 aliphatic carbocycles. The van der Waals surface area contributed by atoms with Gasteiger partial charge >= 0.3 is 0 Å². The Morgan fingerprint density at radius 3 is 2.17 bits per heavy atom. The van der Waals surface area contributed by atoms with E-state index in [1.807, 2.05) is 13.8 Å². The molecule has 190 valence electrons. The molecule has 0 fully saturated rings. The van der Waals surface area contributed by atoms with Crippen molar-refractivity contribution in [3.05, 3.63) is 59.7 Å². The molecule has 2 amide bonds. The van der Waals surface area contributed by atoms with Gasteiger partial charge in [-0.1, -0.05) is 24.3 Å². The van der Waals surface area contributed by atoms with Gasteiger partial charge in [0.15, 0.2) is 5.78 Å². The van der Waals surface area contributed by atoms with Gasteiger partial charge in [0.1, 0.15) is 18.3 Å². The van der Waals surface area contributed by atoms with Crippen LogP contribution in [0.2, 0.25) is 0 Å². The maximum Gasteiger partial charge on any atom is 0.244 e. The van der Waals surface area contributed by atoms with Crippen molar-refractivity contribution < 1.29 is 27.5 Å². The molecule has 10 heteroatoms. The van der Waals surface area contributed by atoms with Crippen molar-refractivity contribution in [3.8, 4) is 5.75 Å². The van der Waals surface area contributed by atoms with E-state index in [9.17, 15) is 22.8 Å². The predicted molar refractivity (Wildman–Crippen MR) is 135 cm³/mol. The zero-order valence-corrected chi connectivity index (χ0v) is 21.8. The number of Topliss-reactive ketones (excluding diaryl/α,β-unsaturated/α-hetero) is 1. The number of hydrogen-bond donors (Lipinski definition) is 1. The molecule has 0 radical (unpaired) electrons. The highest BCUT2D eigenvalue weighted by molar-refractivity contribution is 7.92. The highest BCUT2D eigenvalue weighted by Crippen LogP contribution is 2.21. The average Bonchev–Trinajstić information content (AvgIpc) is 2.79. The Balaban J connectivity index is 2.42. The summed E-state index contributed by atoms with van der Waals surface area (Å²) in [5, 5.41) is 2.79. The number of nitrogens with one attached hydrogen (secondary N) is 1. The van der Waals surface area contributed by atoms with Crippen molar-refractivity contribution >= 4 is 33.3 Å². The zero-order chi connectivity index (χ0) is 26.3. The van der Waals surface area contributed by atoms with Gasteiger partial charge in [-0.15, -0.1) is 0 Å². The fourth-order valence-electron chi connectivity index (χ4n) is 3.41. The van der Waals surface area contributed by atoms with Crippen LogP contribution in [0.1, 0.15) is 43.6 Å². The summed E-state index contributed by atoms with van der Waals surface area (Å²) in [6.45, 7) is 6.15. The van der Waals surface area contributed by atoms with Crippen LogP contribution in [0.15, 0.2) is 48.5 Å². The molecule has 0 aromatic heterocycles. The molecule has 0 bridgehead atoms. The molecule has 1 N–H and O–H groups in total. The first kappa shape index (κ1) is 27.8. The van der Waals surface area contributed by atoms with Crippen molar-refractivity contribution in [2.75, 3.05) is 24.2 Å². The first-order valence-electron chi connectivity index (χ1n) is 11.1.